The van der Waals surface area contributed by atoms with E-state index in [4.69, 9.17) is 9.26 Å². The van der Waals surface area contributed by atoms with E-state index in [9.17, 15) is 4.79 Å². The Hall–Kier alpha value is -2.67. The molecule has 1 heterocycles. The molecule has 0 atom stereocenters. The summed E-state index contributed by atoms with van der Waals surface area (Å²) in [5, 5.41) is 4.00. The van der Waals surface area contributed by atoms with E-state index < -0.39 is 0 Å². The van der Waals surface area contributed by atoms with Gasteiger partial charge in [-0.1, -0.05) is 33.2 Å². The van der Waals surface area contributed by atoms with Crippen molar-refractivity contribution in [3.8, 4) is 17.1 Å². The number of carbonyl (C=O) groups excluding carboxylic acids is 1. The van der Waals surface area contributed by atoms with Crippen LogP contribution in [-0.4, -0.2) is 34.6 Å². The number of aryl methyl sites for hydroxylation is 1. The summed E-state index contributed by atoms with van der Waals surface area (Å²) in [4.78, 5) is 18.6. The molecule has 0 bridgehead atoms. The highest BCUT2D eigenvalue weighted by molar-refractivity contribution is 9.10. The maximum atomic E-state index is 12.7. The van der Waals surface area contributed by atoms with Crippen LogP contribution in [0, 0.1) is 6.92 Å². The Morgan fingerprint density at radius 2 is 2.07 bits per heavy atom. The highest BCUT2D eigenvalue weighted by Gasteiger charge is 2.17. The predicted octanol–water partition coefficient (Wildman–Crippen LogP) is 4.48. The Kier molecular flexibility index (Phi) is 5.91. The normalized spacial score (nSPS) is 10.7. The molecule has 0 spiro atoms. The molecule has 1 amide bonds. The number of hydrogen-bond acceptors (Lipinski definition) is 5. The van der Waals surface area contributed by atoms with E-state index in [1.807, 2.05) is 50.2 Å². The summed E-state index contributed by atoms with van der Waals surface area (Å²) in [6.45, 7) is 4.67. The first kappa shape index (κ1) is 19.1. The molecular formula is C20H20BrN3O3. The zero-order valence-electron chi connectivity index (χ0n) is 15.4. The molecule has 3 rings (SSSR count). The van der Waals surface area contributed by atoms with Crippen LogP contribution in [0.2, 0.25) is 0 Å². The number of nitrogens with zero attached hydrogens (tertiary/aromatic N) is 3. The van der Waals surface area contributed by atoms with E-state index in [-0.39, 0.29) is 12.5 Å². The van der Waals surface area contributed by atoms with Crippen molar-refractivity contribution >= 4 is 21.8 Å². The van der Waals surface area contributed by atoms with Gasteiger partial charge in [0, 0.05) is 22.6 Å². The maximum Gasteiger partial charge on any atom is 0.254 e. The van der Waals surface area contributed by atoms with E-state index in [1.54, 1.807) is 18.0 Å². The Balaban J connectivity index is 1.71. The van der Waals surface area contributed by atoms with Crippen LogP contribution in [0.3, 0.4) is 0 Å². The third-order valence-corrected chi connectivity index (χ3v) is 4.49. The molecule has 2 aromatic carbocycles. The number of ether oxygens (including phenoxy) is 1. The van der Waals surface area contributed by atoms with Crippen molar-refractivity contribution in [3.63, 3.8) is 0 Å². The first-order chi connectivity index (χ1) is 13.0. The lowest BCUT2D eigenvalue weighted by Gasteiger charge is -2.16. The molecule has 0 saturated heterocycles. The zero-order valence-corrected chi connectivity index (χ0v) is 17.0. The van der Waals surface area contributed by atoms with Gasteiger partial charge in [0.2, 0.25) is 11.7 Å². The third-order valence-electron chi connectivity index (χ3n) is 3.99. The van der Waals surface area contributed by atoms with Gasteiger partial charge in [0.25, 0.3) is 5.91 Å². The molecule has 140 valence electrons. The summed E-state index contributed by atoms with van der Waals surface area (Å²) in [5.74, 6) is 1.53. The molecule has 0 aliphatic heterocycles. The largest absolute Gasteiger partial charge is 0.494 e. The van der Waals surface area contributed by atoms with E-state index in [2.05, 4.69) is 26.1 Å². The lowest BCUT2D eigenvalue weighted by atomic mass is 10.1. The average Bonchev–Trinajstić information content (AvgIpc) is 3.11. The summed E-state index contributed by atoms with van der Waals surface area (Å²) in [6, 6.07) is 13.0. The first-order valence-electron chi connectivity index (χ1n) is 8.55. The molecule has 0 aliphatic carbocycles. The van der Waals surface area contributed by atoms with Gasteiger partial charge in [-0.2, -0.15) is 4.98 Å². The van der Waals surface area contributed by atoms with Gasteiger partial charge in [-0.3, -0.25) is 4.79 Å². The van der Waals surface area contributed by atoms with Crippen molar-refractivity contribution in [2.45, 2.75) is 20.4 Å². The van der Waals surface area contributed by atoms with Crippen LogP contribution >= 0.6 is 15.9 Å². The van der Waals surface area contributed by atoms with Crippen molar-refractivity contribution in [1.29, 1.82) is 0 Å². The Morgan fingerprint density at radius 1 is 1.26 bits per heavy atom. The van der Waals surface area contributed by atoms with Gasteiger partial charge in [0.15, 0.2) is 0 Å². The second-order valence-corrected chi connectivity index (χ2v) is 7.01. The molecule has 0 radical (unpaired) electrons. The number of amides is 1. The van der Waals surface area contributed by atoms with E-state index >= 15 is 0 Å². The summed E-state index contributed by atoms with van der Waals surface area (Å²) < 4.78 is 11.8. The molecule has 27 heavy (non-hydrogen) atoms. The molecule has 0 unspecified atom stereocenters. The minimum absolute atomic E-state index is 0.122. The Labute approximate surface area is 166 Å². The van der Waals surface area contributed by atoms with Crippen LogP contribution in [0.5, 0.6) is 5.75 Å². The van der Waals surface area contributed by atoms with Crippen molar-refractivity contribution in [2.75, 3.05) is 13.7 Å². The van der Waals surface area contributed by atoms with Gasteiger partial charge in [0.05, 0.1) is 13.2 Å². The summed E-state index contributed by atoms with van der Waals surface area (Å²) >= 11 is 3.42. The average molecular weight is 430 g/mol. The van der Waals surface area contributed by atoms with Gasteiger partial charge in [-0.15, -0.1) is 0 Å². The quantitative estimate of drug-likeness (QED) is 0.577. The highest BCUT2D eigenvalue weighted by atomic mass is 79.9. The third kappa shape index (κ3) is 4.54. The molecule has 1 aromatic heterocycles. The van der Waals surface area contributed by atoms with Crippen molar-refractivity contribution in [2.24, 2.45) is 0 Å². The second-order valence-electron chi connectivity index (χ2n) is 6.10. The van der Waals surface area contributed by atoms with Gasteiger partial charge in [-0.05, 0) is 49.7 Å². The predicted molar refractivity (Wildman–Crippen MR) is 106 cm³/mol. The first-order valence-corrected chi connectivity index (χ1v) is 9.34. The fourth-order valence-electron chi connectivity index (χ4n) is 2.66. The Morgan fingerprint density at radius 3 is 2.78 bits per heavy atom. The van der Waals surface area contributed by atoms with Crippen molar-refractivity contribution in [1.82, 2.24) is 15.0 Å². The van der Waals surface area contributed by atoms with Crippen molar-refractivity contribution in [3.05, 3.63) is 64.0 Å². The minimum atomic E-state index is -0.122. The molecule has 3 aromatic rings. The molecule has 0 N–H and O–H groups in total. The zero-order chi connectivity index (χ0) is 19.4. The van der Waals surface area contributed by atoms with Gasteiger partial charge >= 0.3 is 0 Å². The number of carbonyl (C=O) groups is 1. The molecule has 7 heteroatoms. The second kappa shape index (κ2) is 8.35. The van der Waals surface area contributed by atoms with E-state index in [0.717, 1.165) is 21.3 Å². The maximum absolute atomic E-state index is 12.7. The lowest BCUT2D eigenvalue weighted by molar-refractivity contribution is 0.0769. The topological polar surface area (TPSA) is 68.5 Å². The summed E-state index contributed by atoms with van der Waals surface area (Å²) in [5.41, 5.74) is 2.35. The fourth-order valence-corrected chi connectivity index (χ4v) is 3.06. The summed E-state index contributed by atoms with van der Waals surface area (Å²) in [7, 11) is 1.71. The van der Waals surface area contributed by atoms with Crippen LogP contribution in [0.1, 0.15) is 28.7 Å². The molecule has 0 aliphatic rings. The number of benzene rings is 2. The van der Waals surface area contributed by atoms with Crippen LogP contribution in [0.15, 0.2) is 51.5 Å². The smallest absolute Gasteiger partial charge is 0.254 e. The lowest BCUT2D eigenvalue weighted by Crippen LogP contribution is -2.26. The monoisotopic (exact) mass is 429 g/mol. The van der Waals surface area contributed by atoms with Crippen LogP contribution in [-0.2, 0) is 6.54 Å². The standard InChI is InChI=1S/C20H20BrN3O3/c1-4-26-17-9-8-15(10-13(17)2)20(25)24(3)12-18-22-19(23-27-18)14-6-5-7-16(21)11-14/h5-11H,4,12H2,1-3H3. The van der Waals surface area contributed by atoms with Gasteiger partial charge < -0.3 is 14.2 Å². The number of aromatic nitrogens is 2. The number of hydrogen-bond donors (Lipinski definition) is 0. The van der Waals surface area contributed by atoms with Crippen LogP contribution < -0.4 is 4.74 Å². The molecular weight excluding hydrogens is 410 g/mol. The minimum Gasteiger partial charge on any atom is -0.494 e. The van der Waals surface area contributed by atoms with Crippen molar-refractivity contribution < 1.29 is 14.1 Å². The molecule has 6 nitrogen and oxygen atoms in total. The fraction of sp³-hybridized carbons (Fsp3) is 0.250. The number of halogens is 1. The van der Waals surface area contributed by atoms with Gasteiger partial charge in [-0.25, -0.2) is 0 Å². The van der Waals surface area contributed by atoms with Gasteiger partial charge in [0.1, 0.15) is 5.75 Å². The molecule has 0 fully saturated rings. The summed E-state index contributed by atoms with van der Waals surface area (Å²) in [6.07, 6.45) is 0. The van der Waals surface area contributed by atoms with E-state index in [0.29, 0.717) is 23.9 Å². The SMILES string of the molecule is CCOc1ccc(C(=O)N(C)Cc2nc(-c3cccc(Br)c3)no2)cc1C. The van der Waals surface area contributed by atoms with E-state index in [1.165, 1.54) is 0 Å². The van der Waals surface area contributed by atoms with Crippen LogP contribution in [0.4, 0.5) is 0 Å². The van der Waals surface area contributed by atoms with Crippen LogP contribution in [0.25, 0.3) is 11.4 Å². The Bertz CT molecular complexity index is 955. The molecule has 0 saturated carbocycles. The number of rotatable bonds is 6. The highest BCUT2D eigenvalue weighted by Crippen LogP contribution is 2.22.